The molecule has 5 rings (SSSR count). The van der Waals surface area contributed by atoms with E-state index in [0.29, 0.717) is 16.9 Å². The van der Waals surface area contributed by atoms with E-state index in [9.17, 15) is 22.6 Å². The van der Waals surface area contributed by atoms with Gasteiger partial charge in [-0.3, -0.25) is 14.1 Å². The first-order valence-electron chi connectivity index (χ1n) is 11.0. The number of nitrogens with one attached hydrogen (secondary N) is 2. The minimum atomic E-state index is -4.60. The van der Waals surface area contributed by atoms with Crippen LogP contribution in [0.25, 0.3) is 0 Å². The van der Waals surface area contributed by atoms with E-state index in [-0.39, 0.29) is 85.3 Å². The Balaban J connectivity index is 0.00000320. The van der Waals surface area contributed by atoms with Gasteiger partial charge in [0.2, 0.25) is 0 Å². The zero-order valence-electron chi connectivity index (χ0n) is 19.1. The van der Waals surface area contributed by atoms with Gasteiger partial charge >= 0.3 is 29.6 Å². The fraction of sp³-hybridized carbons (Fsp3) is 0.0370. The Labute approximate surface area is 235 Å². The number of anilines is 5. The third-order valence-electron chi connectivity index (χ3n) is 6.04. The molecule has 10 heteroatoms. The molecule has 1 aliphatic carbocycles. The number of carbonyl (C=O) groups excluding carboxylic acids is 2. The van der Waals surface area contributed by atoms with Gasteiger partial charge in [0.05, 0.1) is 22.5 Å². The number of carbonyl (C=O) groups is 2. The molecule has 4 aromatic carbocycles. The molecule has 0 saturated carbocycles. The van der Waals surface area contributed by atoms with Crippen LogP contribution in [-0.4, -0.2) is 54.1 Å². The molecule has 5 N–H and O–H groups in total. The van der Waals surface area contributed by atoms with Gasteiger partial charge in [-0.2, -0.15) is 8.42 Å². The molecule has 0 aromatic heterocycles. The molecule has 0 amide bonds. The van der Waals surface area contributed by atoms with Gasteiger partial charge in [-0.25, -0.2) is 0 Å². The van der Waals surface area contributed by atoms with E-state index in [2.05, 4.69) is 10.6 Å². The van der Waals surface area contributed by atoms with Gasteiger partial charge in [-0.05, 0) is 48.9 Å². The van der Waals surface area contributed by atoms with E-state index in [1.165, 1.54) is 12.1 Å². The number of ketones is 2. The van der Waals surface area contributed by atoms with Crippen LogP contribution >= 0.6 is 0 Å². The number of rotatable bonds is 5. The number of hydrogen-bond acceptors (Lipinski definition) is 7. The average molecular weight is 524 g/mol. The quantitative estimate of drug-likeness (QED) is 0.151. The van der Waals surface area contributed by atoms with Gasteiger partial charge < -0.3 is 16.4 Å². The molecule has 0 bridgehead atoms. The standard InChI is InChI=1S/C27H21N3O5S.Na.H/c1-15-13-21(23-24(25(15)28)27(32)19-10-6-5-9-18(19)26(23)31)30-17-11-12-20(22(14-17)36(33,34)35)29-16-7-3-2-4-8-16;;/h2-14,29-30H,28H2,1H3,(H,33,34,35);;. The maximum absolute atomic E-state index is 13.4. The van der Waals surface area contributed by atoms with Crippen LogP contribution in [0.3, 0.4) is 0 Å². The zero-order valence-corrected chi connectivity index (χ0v) is 19.9. The molecule has 37 heavy (non-hydrogen) atoms. The van der Waals surface area contributed by atoms with Gasteiger partial charge in [0, 0.05) is 28.2 Å². The van der Waals surface area contributed by atoms with Crippen molar-refractivity contribution in [1.29, 1.82) is 0 Å². The Morgan fingerprint density at radius 1 is 0.730 bits per heavy atom. The van der Waals surface area contributed by atoms with E-state index in [0.717, 1.165) is 0 Å². The first kappa shape index (κ1) is 26.6. The van der Waals surface area contributed by atoms with Crippen molar-refractivity contribution in [2.75, 3.05) is 16.4 Å². The molecule has 0 atom stereocenters. The molecule has 4 aromatic rings. The van der Waals surface area contributed by atoms with Crippen LogP contribution in [0.5, 0.6) is 0 Å². The van der Waals surface area contributed by atoms with Crippen molar-refractivity contribution < 1.29 is 22.6 Å². The molecule has 182 valence electrons. The van der Waals surface area contributed by atoms with Gasteiger partial charge in [0.1, 0.15) is 4.90 Å². The summed E-state index contributed by atoms with van der Waals surface area (Å²) in [6, 6.07) is 21.4. The van der Waals surface area contributed by atoms with Gasteiger partial charge in [-0.1, -0.05) is 42.5 Å². The summed E-state index contributed by atoms with van der Waals surface area (Å²) in [5.41, 5.74) is 9.18. The van der Waals surface area contributed by atoms with Crippen molar-refractivity contribution in [2.45, 2.75) is 11.8 Å². The summed E-state index contributed by atoms with van der Waals surface area (Å²) in [6.45, 7) is 1.72. The molecule has 0 saturated heterocycles. The predicted octanol–water partition coefficient (Wildman–Crippen LogP) is 4.44. The van der Waals surface area contributed by atoms with Crippen LogP contribution in [0.2, 0.25) is 0 Å². The monoisotopic (exact) mass is 523 g/mol. The fourth-order valence-electron chi connectivity index (χ4n) is 4.30. The molecule has 1 aliphatic rings. The van der Waals surface area contributed by atoms with E-state index in [1.807, 2.05) is 6.07 Å². The van der Waals surface area contributed by atoms with Crippen LogP contribution < -0.4 is 16.4 Å². The van der Waals surface area contributed by atoms with Crippen LogP contribution in [-0.2, 0) is 10.1 Å². The number of hydrogen-bond donors (Lipinski definition) is 4. The Bertz CT molecular complexity index is 1670. The molecule has 8 nitrogen and oxygen atoms in total. The number of nitrogen functional groups attached to an aromatic ring is 1. The molecule has 0 radical (unpaired) electrons. The van der Waals surface area contributed by atoms with Crippen LogP contribution in [0.15, 0.2) is 83.8 Å². The summed E-state index contributed by atoms with van der Waals surface area (Å²) < 4.78 is 34.3. The van der Waals surface area contributed by atoms with Crippen molar-refractivity contribution in [2.24, 2.45) is 0 Å². The number of benzene rings is 4. The van der Waals surface area contributed by atoms with Crippen molar-refractivity contribution >= 4 is 79.7 Å². The van der Waals surface area contributed by atoms with Gasteiger partial charge in [-0.15, -0.1) is 0 Å². The van der Waals surface area contributed by atoms with Crippen LogP contribution in [0.4, 0.5) is 28.4 Å². The van der Waals surface area contributed by atoms with E-state index in [4.69, 9.17) is 5.73 Å². The maximum atomic E-state index is 13.4. The Kier molecular flexibility index (Phi) is 7.27. The fourth-order valence-corrected chi connectivity index (χ4v) is 4.97. The van der Waals surface area contributed by atoms with E-state index in [1.54, 1.807) is 67.6 Å². The SMILES string of the molecule is Cc1cc(Nc2ccc(Nc3ccccc3)c(S(=O)(=O)O)c2)c2c(c1N)C(=O)c1ccccc1C2=O.[NaH]. The third-order valence-corrected chi connectivity index (χ3v) is 6.93. The van der Waals surface area contributed by atoms with Crippen molar-refractivity contribution in [3.63, 3.8) is 0 Å². The predicted molar refractivity (Wildman–Crippen MR) is 145 cm³/mol. The normalized spacial score (nSPS) is 12.3. The summed E-state index contributed by atoms with van der Waals surface area (Å²) in [6.07, 6.45) is 0. The average Bonchev–Trinajstić information content (AvgIpc) is 2.85. The number of aryl methyl sites for hydroxylation is 1. The molecule has 0 aliphatic heterocycles. The summed E-state index contributed by atoms with van der Waals surface area (Å²) in [7, 11) is -4.60. The number of nitrogens with two attached hydrogens (primary N) is 1. The second kappa shape index (κ2) is 10.1. The van der Waals surface area contributed by atoms with Crippen molar-refractivity contribution in [3.05, 3.63) is 107 Å². The second-order valence-electron chi connectivity index (χ2n) is 8.41. The van der Waals surface area contributed by atoms with Crippen molar-refractivity contribution in [3.8, 4) is 0 Å². The van der Waals surface area contributed by atoms with Crippen molar-refractivity contribution in [1.82, 2.24) is 0 Å². The molecule has 0 heterocycles. The summed E-state index contributed by atoms with van der Waals surface area (Å²) in [4.78, 5) is 26.3. The number of fused-ring (bicyclic) bond motifs is 2. The minimum absolute atomic E-state index is 0. The second-order valence-corrected chi connectivity index (χ2v) is 9.80. The first-order chi connectivity index (χ1) is 17.1. The Hall–Kier alpha value is -3.47. The molecule has 0 spiro atoms. The molecule has 0 fully saturated rings. The Morgan fingerprint density at radius 2 is 1.30 bits per heavy atom. The van der Waals surface area contributed by atoms with E-state index >= 15 is 0 Å². The topological polar surface area (TPSA) is 139 Å². The van der Waals surface area contributed by atoms with Gasteiger partial charge in [0.25, 0.3) is 10.1 Å². The van der Waals surface area contributed by atoms with Crippen LogP contribution in [0, 0.1) is 6.92 Å². The van der Waals surface area contributed by atoms with Gasteiger partial charge in [0.15, 0.2) is 11.6 Å². The van der Waals surface area contributed by atoms with Crippen LogP contribution in [0.1, 0.15) is 37.4 Å². The molecular formula is C27H22N3NaO5S. The summed E-state index contributed by atoms with van der Waals surface area (Å²) >= 11 is 0. The summed E-state index contributed by atoms with van der Waals surface area (Å²) in [5, 5.41) is 6.03. The molecule has 0 unspecified atom stereocenters. The zero-order chi connectivity index (χ0) is 25.6. The Morgan fingerprint density at radius 3 is 1.92 bits per heavy atom. The summed E-state index contributed by atoms with van der Waals surface area (Å²) in [5.74, 6) is -0.725. The third kappa shape index (κ3) is 4.92. The van der Waals surface area contributed by atoms with E-state index < -0.39 is 10.1 Å². The number of para-hydroxylation sites is 1. The first-order valence-corrected chi connectivity index (χ1v) is 12.4. The molecular weight excluding hydrogens is 501 g/mol.